The molecule has 85 heavy (non-hydrogen) atoms. The molecule has 0 saturated carbocycles. The summed E-state index contributed by atoms with van der Waals surface area (Å²) in [4.78, 5) is 56.5. The van der Waals surface area contributed by atoms with Crippen molar-refractivity contribution in [3.63, 3.8) is 0 Å². The Morgan fingerprint density at radius 2 is 1.11 bits per heavy atom. The van der Waals surface area contributed by atoms with E-state index in [1.54, 1.807) is 52.3 Å². The molecule has 6 atom stereocenters. The van der Waals surface area contributed by atoms with Gasteiger partial charge in [-0.25, -0.2) is 35.9 Å². The molecule has 4 aromatic rings. The Kier molecular flexibility index (Phi) is 21.2. The Balaban J connectivity index is 0.585. The first-order valence-corrected chi connectivity index (χ1v) is 32.7. The fourth-order valence-electron chi connectivity index (χ4n) is 11.8. The zero-order valence-electron chi connectivity index (χ0n) is 47.3. The third-order valence-electron chi connectivity index (χ3n) is 16.1. The number of hydrogen-bond acceptors (Lipinski definition) is 14. The van der Waals surface area contributed by atoms with Crippen LogP contribution in [0.25, 0.3) is 0 Å². The van der Waals surface area contributed by atoms with E-state index in [1.807, 2.05) is 6.07 Å². The zero-order valence-corrected chi connectivity index (χ0v) is 50.5. The van der Waals surface area contributed by atoms with Gasteiger partial charge in [-0.15, -0.1) is 0 Å². The Labute approximate surface area is 506 Å². The van der Waals surface area contributed by atoms with Crippen molar-refractivity contribution >= 4 is 67.1 Å². The molecule has 5 aliphatic rings. The number of sulfonamides is 2. The molecule has 0 bridgehead atoms. The second-order valence-electron chi connectivity index (χ2n) is 22.2. The number of nitrogens with one attached hydrogen (secondary N) is 7. The maximum atomic E-state index is 13.5. The number of unbranched alkanes of at least 4 members (excludes halogenated alkanes) is 1. The average molecular weight is 1240 g/mol. The summed E-state index contributed by atoms with van der Waals surface area (Å²) >= 11 is 12.7. The quantitative estimate of drug-likeness (QED) is 0.0424. The molecule has 9 rings (SSSR count). The molecule has 3 saturated heterocycles. The van der Waals surface area contributed by atoms with E-state index in [0.717, 1.165) is 41.9 Å². The van der Waals surface area contributed by atoms with Crippen molar-refractivity contribution in [2.45, 2.75) is 124 Å². The van der Waals surface area contributed by atoms with Gasteiger partial charge in [-0.05, 0) is 160 Å². The standard InChI is InChI=1S/C59H72Cl2N12O10S2/c1-38-35-71(27-24-64-38)53-32-50-40(34-63)29-42(61)31-52(50)57(53)83-46-10-14-48(15-11-46)85(80,81)70-44-19-26-73(37-44)56(75)7-5-23-68-59(77)66-21-3-2-20-65-58(76)67-22-4-6-55(74)72-25-18-43(36-72)69-84(78,79)47-12-8-45(9-13-47)82-54-17-16-49-39(33-62)28-41(60)30-51(49)54/h8-15,28-31,38,43-44,53-54,57,64,69-70H,2-7,16-27,32,35-37H2,1H3,(H2,65,67,76)(H2,66,68,77)/t38-,43-,44-,53+,54-,57+/m1/s1. The van der Waals surface area contributed by atoms with E-state index >= 15 is 0 Å². The van der Waals surface area contributed by atoms with E-state index in [1.165, 1.54) is 24.3 Å². The highest BCUT2D eigenvalue weighted by Crippen LogP contribution is 2.42. The maximum absolute atomic E-state index is 13.5. The highest BCUT2D eigenvalue weighted by atomic mass is 35.5. The van der Waals surface area contributed by atoms with Gasteiger partial charge in [0.1, 0.15) is 23.7 Å². The SMILES string of the molecule is C[C@@H]1CN([C@H]2Cc3c(C#N)cc(Cl)cc3[C@@H]2Oc2ccc(S(=O)(=O)N[C@@H]3CCN(C(=O)CCCNC(=O)NCCCCNC(=O)NCCCC(=O)N4CC[C@@H](NS(=O)(=O)c5ccc(O[C@@H]6CCc7c(C#N)cc(Cl)cc76)cc5)C4)C3)cc2)CCN1. The summed E-state index contributed by atoms with van der Waals surface area (Å²) in [5.41, 5.74) is 4.60. The summed E-state index contributed by atoms with van der Waals surface area (Å²) in [7, 11) is -7.81. The second kappa shape index (κ2) is 28.6. The molecule has 6 amide bonds. The number of amides is 6. The van der Waals surface area contributed by atoms with Crippen LogP contribution < -0.4 is 45.5 Å². The molecule has 26 heteroatoms. The Bertz CT molecular complexity index is 3400. The van der Waals surface area contributed by atoms with E-state index in [9.17, 15) is 46.5 Å². The number of carbonyl (C=O) groups is 4. The van der Waals surface area contributed by atoms with Crippen molar-refractivity contribution < 1.29 is 45.5 Å². The molecule has 22 nitrogen and oxygen atoms in total. The van der Waals surface area contributed by atoms with Crippen LogP contribution in [-0.2, 0) is 42.5 Å². The molecule has 3 fully saturated rings. The number of urea groups is 2. The van der Waals surface area contributed by atoms with Crippen LogP contribution >= 0.6 is 23.2 Å². The van der Waals surface area contributed by atoms with E-state index < -0.39 is 38.2 Å². The monoisotopic (exact) mass is 1240 g/mol. The molecule has 0 spiro atoms. The number of nitriles is 2. The molecule has 2 aliphatic carbocycles. The predicted molar refractivity (Wildman–Crippen MR) is 318 cm³/mol. The maximum Gasteiger partial charge on any atom is 0.314 e. The van der Waals surface area contributed by atoms with Crippen LogP contribution in [0.15, 0.2) is 82.6 Å². The van der Waals surface area contributed by atoms with E-state index in [0.29, 0.717) is 117 Å². The van der Waals surface area contributed by atoms with Gasteiger partial charge in [-0.1, -0.05) is 23.2 Å². The first-order valence-electron chi connectivity index (χ1n) is 29.0. The van der Waals surface area contributed by atoms with E-state index in [4.69, 9.17) is 32.7 Å². The number of halogens is 2. The lowest BCUT2D eigenvalue weighted by Crippen LogP contribution is -2.54. The van der Waals surface area contributed by atoms with Crippen molar-refractivity contribution in [3.05, 3.63) is 116 Å². The van der Waals surface area contributed by atoms with Gasteiger partial charge < -0.3 is 45.9 Å². The van der Waals surface area contributed by atoms with Crippen LogP contribution in [-0.4, -0.2) is 152 Å². The number of nitrogens with zero attached hydrogens (tertiary/aromatic N) is 5. The first-order chi connectivity index (χ1) is 40.9. The number of benzene rings is 4. The minimum absolute atomic E-state index is 0.0391. The Hall–Kier alpha value is -6.74. The third kappa shape index (κ3) is 16.4. The third-order valence-corrected chi connectivity index (χ3v) is 19.6. The highest BCUT2D eigenvalue weighted by molar-refractivity contribution is 7.89. The van der Waals surface area contributed by atoms with Crippen molar-refractivity contribution in [1.82, 2.24) is 50.7 Å². The zero-order chi connectivity index (χ0) is 60.3. The molecular formula is C59H72Cl2N12O10S2. The lowest BCUT2D eigenvalue weighted by Gasteiger charge is -2.38. The molecule has 4 aromatic carbocycles. The molecule has 0 unspecified atom stereocenters. The van der Waals surface area contributed by atoms with E-state index in [-0.39, 0.29) is 90.9 Å². The van der Waals surface area contributed by atoms with Gasteiger partial charge in [0, 0.05) is 113 Å². The van der Waals surface area contributed by atoms with Crippen LogP contribution in [0.4, 0.5) is 9.59 Å². The van der Waals surface area contributed by atoms with Crippen LogP contribution in [0.2, 0.25) is 10.0 Å². The smallest absolute Gasteiger partial charge is 0.314 e. The van der Waals surface area contributed by atoms with Crippen molar-refractivity contribution in [2.24, 2.45) is 0 Å². The number of fused-ring (bicyclic) bond motifs is 2. The first kappa shape index (κ1) is 62.8. The number of ether oxygens (including phenoxy) is 2. The molecule has 0 aromatic heterocycles. The summed E-state index contributed by atoms with van der Waals surface area (Å²) in [5, 5.41) is 34.8. The Morgan fingerprint density at radius 3 is 1.61 bits per heavy atom. The highest BCUT2D eigenvalue weighted by Gasteiger charge is 2.41. The summed E-state index contributed by atoms with van der Waals surface area (Å²) in [5.74, 6) is 0.702. The summed E-state index contributed by atoms with van der Waals surface area (Å²) in [6.45, 7) is 7.12. The fraction of sp³-hybridized carbons (Fsp3) is 0.492. The number of rotatable bonds is 24. The molecule has 7 N–H and O–H groups in total. The molecule has 3 aliphatic heterocycles. The van der Waals surface area contributed by atoms with Gasteiger partial charge in [0.15, 0.2) is 0 Å². The van der Waals surface area contributed by atoms with Crippen LogP contribution in [0.1, 0.15) is 110 Å². The van der Waals surface area contributed by atoms with Gasteiger partial charge in [0.05, 0.1) is 39.1 Å². The van der Waals surface area contributed by atoms with Crippen molar-refractivity contribution in [1.29, 1.82) is 10.5 Å². The van der Waals surface area contributed by atoms with Gasteiger partial charge in [0.25, 0.3) is 0 Å². The molecule has 3 heterocycles. The topological polar surface area (TPSA) is 297 Å². The fourth-order valence-corrected chi connectivity index (χ4v) is 14.8. The molecule has 0 radical (unpaired) electrons. The van der Waals surface area contributed by atoms with Crippen LogP contribution in [0, 0.1) is 22.7 Å². The molecular weight excluding hydrogens is 1170 g/mol. The van der Waals surface area contributed by atoms with Crippen molar-refractivity contribution in [2.75, 3.05) is 72.0 Å². The lowest BCUT2D eigenvalue weighted by molar-refractivity contribution is -0.131. The average Bonchev–Trinajstić information content (AvgIpc) is 2.11. The van der Waals surface area contributed by atoms with Gasteiger partial charge in [-0.2, -0.15) is 10.5 Å². The van der Waals surface area contributed by atoms with E-state index in [2.05, 4.69) is 60.0 Å². The van der Waals surface area contributed by atoms with Crippen molar-refractivity contribution in [3.8, 4) is 23.6 Å². The normalized spacial score (nSPS) is 21.1. The number of carbonyl (C=O) groups excluding carboxylic acids is 4. The summed E-state index contributed by atoms with van der Waals surface area (Å²) in [6, 6.07) is 22.4. The Morgan fingerprint density at radius 1 is 0.624 bits per heavy atom. The van der Waals surface area contributed by atoms with Gasteiger partial charge in [-0.3, -0.25) is 14.5 Å². The second-order valence-corrected chi connectivity index (χ2v) is 26.5. The number of likely N-dealkylation sites (tertiary alicyclic amines) is 2. The number of piperazine rings is 1. The largest absolute Gasteiger partial charge is 0.486 e. The minimum Gasteiger partial charge on any atom is -0.486 e. The lowest BCUT2D eigenvalue weighted by atomic mass is 10.0. The van der Waals surface area contributed by atoms with Gasteiger partial charge >= 0.3 is 12.1 Å². The van der Waals surface area contributed by atoms with Crippen LogP contribution in [0.5, 0.6) is 11.5 Å². The van der Waals surface area contributed by atoms with Gasteiger partial charge in [0.2, 0.25) is 31.9 Å². The minimum atomic E-state index is -3.93. The summed E-state index contributed by atoms with van der Waals surface area (Å²) in [6.07, 6.45) is 4.52. The predicted octanol–water partition coefficient (Wildman–Crippen LogP) is 5.54. The summed E-state index contributed by atoms with van der Waals surface area (Å²) < 4.78 is 71.7. The number of hydrogen-bond donors (Lipinski definition) is 7. The van der Waals surface area contributed by atoms with Crippen LogP contribution in [0.3, 0.4) is 0 Å². The molecule has 454 valence electrons.